The topological polar surface area (TPSA) is 74.8 Å². The number of hydrogen-bond donors (Lipinski definition) is 0. The smallest absolute Gasteiger partial charge is 0.380 e. The van der Waals surface area contributed by atoms with Gasteiger partial charge in [-0.15, -0.1) is 0 Å². The highest BCUT2D eigenvalue weighted by atomic mass is 19.4. The van der Waals surface area contributed by atoms with Gasteiger partial charge in [-0.1, -0.05) is 0 Å². The van der Waals surface area contributed by atoms with Gasteiger partial charge in [0.1, 0.15) is 18.1 Å². The first kappa shape index (κ1) is 23.1. The minimum absolute atomic E-state index is 0.0447. The lowest BCUT2D eigenvalue weighted by atomic mass is 9.92. The number of alkyl halides is 3. The molecule has 13 heteroatoms. The van der Waals surface area contributed by atoms with Crippen molar-refractivity contribution in [2.24, 2.45) is 16.0 Å². The summed E-state index contributed by atoms with van der Waals surface area (Å²) in [6.45, 7) is -0.0591. The molecule has 1 aliphatic carbocycles. The number of hydrazone groups is 1. The number of halogens is 5. The van der Waals surface area contributed by atoms with Crippen LogP contribution >= 0.6 is 0 Å². The van der Waals surface area contributed by atoms with Crippen molar-refractivity contribution in [2.45, 2.75) is 37.0 Å². The Bertz CT molecular complexity index is 1330. The zero-order valence-electron chi connectivity index (χ0n) is 18.9. The van der Waals surface area contributed by atoms with E-state index in [9.17, 15) is 26.7 Å². The van der Waals surface area contributed by atoms with Crippen molar-refractivity contribution >= 4 is 23.5 Å². The van der Waals surface area contributed by atoms with E-state index in [1.807, 2.05) is 0 Å². The standard InChI is InChI=1S/C23H21F5N6O2/c24-13-7-15(25)20-30-10-18(32(20)11-13)19-14-9-29-16(8-17(14)34(31-19)12-23(26,27)28)21(35)33-4-6-36-5-3-22(33)1-2-22/h7-11,14,17H,1-6,12H2. The van der Waals surface area contributed by atoms with Crippen LogP contribution in [0.1, 0.15) is 25.0 Å². The largest absolute Gasteiger partial charge is 0.407 e. The molecule has 6 rings (SSSR count). The quantitative estimate of drug-likeness (QED) is 0.598. The van der Waals surface area contributed by atoms with Crippen LogP contribution in [0.3, 0.4) is 0 Å². The molecule has 0 aromatic carbocycles. The molecule has 1 saturated carbocycles. The van der Waals surface area contributed by atoms with E-state index < -0.39 is 36.3 Å². The molecule has 0 radical (unpaired) electrons. The molecule has 0 bridgehead atoms. The number of ether oxygens (including phenoxy) is 1. The summed E-state index contributed by atoms with van der Waals surface area (Å²) in [5, 5.41) is 5.01. The van der Waals surface area contributed by atoms with Crippen LogP contribution in [0.25, 0.3) is 5.65 Å². The maximum Gasteiger partial charge on any atom is 0.407 e. The molecule has 4 aliphatic rings. The van der Waals surface area contributed by atoms with E-state index in [1.54, 1.807) is 4.90 Å². The molecule has 5 heterocycles. The Hall–Kier alpha value is -3.35. The Balaban J connectivity index is 1.36. The number of carbonyl (C=O) groups excluding carboxylic acids is 1. The van der Waals surface area contributed by atoms with Gasteiger partial charge >= 0.3 is 6.18 Å². The van der Waals surface area contributed by atoms with Crippen molar-refractivity contribution in [3.63, 3.8) is 0 Å². The molecule has 190 valence electrons. The summed E-state index contributed by atoms with van der Waals surface area (Å²) in [6.07, 6.45) is 2.84. The lowest BCUT2D eigenvalue weighted by Crippen LogP contribution is -2.45. The van der Waals surface area contributed by atoms with E-state index in [0.717, 1.165) is 28.4 Å². The number of aromatic nitrogens is 2. The Morgan fingerprint density at radius 2 is 2.00 bits per heavy atom. The minimum atomic E-state index is -4.58. The van der Waals surface area contributed by atoms with Crippen LogP contribution in [0.2, 0.25) is 0 Å². The molecule has 2 unspecified atom stereocenters. The first-order valence-electron chi connectivity index (χ1n) is 11.6. The number of aliphatic imine (C=N–C) groups is 1. The summed E-state index contributed by atoms with van der Waals surface area (Å²) in [7, 11) is 0. The number of nitrogens with zero attached hydrogens (tertiary/aromatic N) is 6. The Morgan fingerprint density at radius 3 is 2.75 bits per heavy atom. The zero-order valence-corrected chi connectivity index (χ0v) is 18.9. The normalized spacial score (nSPS) is 25.1. The molecule has 1 spiro atoms. The first-order valence-corrected chi connectivity index (χ1v) is 11.6. The van der Waals surface area contributed by atoms with Crippen LogP contribution in [-0.2, 0) is 9.53 Å². The van der Waals surface area contributed by atoms with E-state index in [-0.39, 0.29) is 34.2 Å². The van der Waals surface area contributed by atoms with Crippen molar-refractivity contribution in [1.82, 2.24) is 19.3 Å². The highest BCUT2D eigenvalue weighted by Gasteiger charge is 2.51. The summed E-state index contributed by atoms with van der Waals surface area (Å²) < 4.78 is 75.0. The van der Waals surface area contributed by atoms with Crippen LogP contribution in [0.5, 0.6) is 0 Å². The van der Waals surface area contributed by atoms with Gasteiger partial charge in [-0.05, 0) is 25.3 Å². The summed E-state index contributed by atoms with van der Waals surface area (Å²) >= 11 is 0. The second-order valence-corrected chi connectivity index (χ2v) is 9.43. The first-order chi connectivity index (χ1) is 17.2. The molecule has 0 N–H and O–H groups in total. The molecule has 2 atom stereocenters. The maximum atomic E-state index is 14.2. The molecule has 3 aliphatic heterocycles. The highest BCUT2D eigenvalue weighted by Crippen LogP contribution is 2.46. The molecule has 1 saturated heterocycles. The van der Waals surface area contributed by atoms with Crippen LogP contribution in [0.15, 0.2) is 40.3 Å². The van der Waals surface area contributed by atoms with E-state index in [4.69, 9.17) is 4.74 Å². The third kappa shape index (κ3) is 3.85. The fraction of sp³-hybridized carbons (Fsp3) is 0.478. The van der Waals surface area contributed by atoms with Gasteiger partial charge in [-0.25, -0.2) is 13.8 Å². The Kier molecular flexibility index (Phi) is 5.18. The lowest BCUT2D eigenvalue weighted by molar-refractivity contribution is -0.148. The van der Waals surface area contributed by atoms with Gasteiger partial charge in [0.15, 0.2) is 11.5 Å². The molecule has 8 nitrogen and oxygen atoms in total. The van der Waals surface area contributed by atoms with Gasteiger partial charge in [0.05, 0.1) is 36.2 Å². The summed E-state index contributed by atoms with van der Waals surface area (Å²) in [6, 6.07) is -0.287. The minimum Gasteiger partial charge on any atom is -0.380 e. The number of rotatable bonds is 3. The molecule has 1 amide bonds. The second kappa shape index (κ2) is 8.08. The third-order valence-corrected chi connectivity index (χ3v) is 7.13. The van der Waals surface area contributed by atoms with Crippen molar-refractivity contribution in [3.8, 4) is 0 Å². The SMILES string of the molecule is O=C(C1=CC2C(C=N1)C(c1cnc3c(F)cc(F)cn13)=NN2CC(F)(F)F)N1CCOCCC12CC2. The average Bonchev–Trinajstić information content (AvgIpc) is 3.42. The monoisotopic (exact) mass is 508 g/mol. The predicted molar refractivity (Wildman–Crippen MR) is 117 cm³/mol. The fourth-order valence-corrected chi connectivity index (χ4v) is 5.22. The summed E-state index contributed by atoms with van der Waals surface area (Å²) in [5.41, 5.74) is -0.163. The van der Waals surface area contributed by atoms with Crippen molar-refractivity contribution in [2.75, 3.05) is 26.3 Å². The third-order valence-electron chi connectivity index (χ3n) is 7.13. The Labute approximate surface area is 201 Å². The van der Waals surface area contributed by atoms with Crippen LogP contribution in [0, 0.1) is 17.6 Å². The van der Waals surface area contributed by atoms with E-state index in [1.165, 1.54) is 18.5 Å². The van der Waals surface area contributed by atoms with E-state index >= 15 is 0 Å². The number of imidazole rings is 1. The van der Waals surface area contributed by atoms with Gasteiger partial charge in [-0.2, -0.15) is 18.3 Å². The van der Waals surface area contributed by atoms with Crippen molar-refractivity contribution < 1.29 is 31.5 Å². The van der Waals surface area contributed by atoms with Gasteiger partial charge < -0.3 is 9.64 Å². The number of pyridine rings is 1. The predicted octanol–water partition coefficient (Wildman–Crippen LogP) is 2.93. The van der Waals surface area contributed by atoms with Crippen molar-refractivity contribution in [1.29, 1.82) is 0 Å². The average molecular weight is 508 g/mol. The van der Waals surface area contributed by atoms with Crippen LogP contribution in [0.4, 0.5) is 22.0 Å². The molecule has 2 aromatic heterocycles. The summed E-state index contributed by atoms with van der Waals surface area (Å²) in [5.74, 6) is -2.92. The molecule has 2 aromatic rings. The summed E-state index contributed by atoms with van der Waals surface area (Å²) in [4.78, 5) is 23.4. The van der Waals surface area contributed by atoms with E-state index in [2.05, 4.69) is 15.1 Å². The van der Waals surface area contributed by atoms with Gasteiger partial charge in [0, 0.05) is 37.2 Å². The molecule has 36 heavy (non-hydrogen) atoms. The fourth-order valence-electron chi connectivity index (χ4n) is 5.22. The van der Waals surface area contributed by atoms with Gasteiger partial charge in [-0.3, -0.25) is 19.2 Å². The molecule has 2 fully saturated rings. The molecular formula is C23H21F5N6O2. The van der Waals surface area contributed by atoms with Gasteiger partial charge in [0.2, 0.25) is 0 Å². The number of fused-ring (bicyclic) bond motifs is 2. The number of amides is 1. The van der Waals surface area contributed by atoms with Gasteiger partial charge in [0.25, 0.3) is 5.91 Å². The second-order valence-electron chi connectivity index (χ2n) is 9.43. The number of carbonyl (C=O) groups is 1. The highest BCUT2D eigenvalue weighted by molar-refractivity contribution is 6.12. The van der Waals surface area contributed by atoms with Crippen molar-refractivity contribution in [3.05, 3.63) is 47.6 Å². The maximum absolute atomic E-state index is 14.2. The van der Waals surface area contributed by atoms with Crippen LogP contribution in [-0.4, -0.2) is 81.2 Å². The number of hydrogen-bond acceptors (Lipinski definition) is 6. The Morgan fingerprint density at radius 1 is 1.19 bits per heavy atom. The lowest BCUT2D eigenvalue weighted by Gasteiger charge is -2.32. The van der Waals surface area contributed by atoms with Crippen LogP contribution < -0.4 is 0 Å². The molecular weight excluding hydrogens is 487 g/mol. The zero-order chi connectivity index (χ0) is 25.2. The van der Waals surface area contributed by atoms with E-state index in [0.29, 0.717) is 32.2 Å².